The number of hydrogen-bond donors (Lipinski definition) is 2. The van der Waals surface area contributed by atoms with Crippen LogP contribution in [-0.4, -0.2) is 42.0 Å². The Hall–Kier alpha value is -3.42. The number of aromatic amines is 1. The van der Waals surface area contributed by atoms with E-state index in [0.717, 1.165) is 41.6 Å². The average Bonchev–Trinajstić information content (AvgIpc) is 3.27. The monoisotopic (exact) mass is 392 g/mol. The fraction of sp³-hybridized carbons (Fsp3) is 0.353. The summed E-state index contributed by atoms with van der Waals surface area (Å²) in [5, 5.41) is 21.7. The summed E-state index contributed by atoms with van der Waals surface area (Å²) in [6.07, 6.45) is 5.87. The number of H-pyrrole nitrogens is 1. The molecule has 0 radical (unpaired) electrons. The van der Waals surface area contributed by atoms with Gasteiger partial charge in [-0.05, 0) is 25.3 Å². The molecular formula is C17H15F3N6O2. The van der Waals surface area contributed by atoms with Gasteiger partial charge in [0.15, 0.2) is 0 Å². The van der Waals surface area contributed by atoms with E-state index >= 15 is 0 Å². The first-order valence-corrected chi connectivity index (χ1v) is 8.27. The fourth-order valence-electron chi connectivity index (χ4n) is 3.03. The molecule has 1 aliphatic carbocycles. The minimum Gasteiger partial charge on any atom is -0.475 e. The lowest BCUT2D eigenvalue weighted by Gasteiger charge is -2.40. The van der Waals surface area contributed by atoms with E-state index in [0.29, 0.717) is 6.42 Å². The van der Waals surface area contributed by atoms with E-state index in [1.807, 2.05) is 29.3 Å². The van der Waals surface area contributed by atoms with Crippen LogP contribution in [0.4, 0.5) is 13.2 Å². The second-order valence-corrected chi connectivity index (χ2v) is 6.35. The van der Waals surface area contributed by atoms with E-state index in [1.165, 1.54) is 0 Å². The summed E-state index contributed by atoms with van der Waals surface area (Å²) in [6, 6.07) is 4.26. The highest BCUT2D eigenvalue weighted by atomic mass is 19.4. The lowest BCUT2D eigenvalue weighted by atomic mass is 9.75. The van der Waals surface area contributed by atoms with E-state index in [1.54, 1.807) is 6.33 Å². The van der Waals surface area contributed by atoms with Gasteiger partial charge in [0.25, 0.3) is 0 Å². The third kappa shape index (κ3) is 3.66. The van der Waals surface area contributed by atoms with Gasteiger partial charge in [0.1, 0.15) is 12.0 Å². The number of aliphatic carboxylic acids is 1. The molecule has 1 aliphatic rings. The summed E-state index contributed by atoms with van der Waals surface area (Å²) in [7, 11) is 0. The number of rotatable bonds is 3. The summed E-state index contributed by atoms with van der Waals surface area (Å²) < 4.78 is 33.7. The SMILES string of the molecule is N#CCC1(n2cc(-c3ncnc4[nH]ccc34)cn2)CCC1.O=C(O)C(F)(F)F. The largest absolute Gasteiger partial charge is 0.490 e. The first kappa shape index (κ1) is 19.3. The third-order valence-electron chi connectivity index (χ3n) is 4.63. The van der Waals surface area contributed by atoms with Gasteiger partial charge in [-0.1, -0.05) is 0 Å². The van der Waals surface area contributed by atoms with Crippen LogP contribution in [0, 0.1) is 11.3 Å². The second-order valence-electron chi connectivity index (χ2n) is 6.35. The Bertz CT molecular complexity index is 1030. The van der Waals surface area contributed by atoms with Gasteiger partial charge < -0.3 is 10.1 Å². The summed E-state index contributed by atoms with van der Waals surface area (Å²) in [5.41, 5.74) is 2.55. The van der Waals surface area contributed by atoms with Crippen molar-refractivity contribution < 1.29 is 23.1 Å². The molecule has 0 unspecified atom stereocenters. The smallest absolute Gasteiger partial charge is 0.475 e. The lowest BCUT2D eigenvalue weighted by molar-refractivity contribution is -0.192. The first-order valence-electron chi connectivity index (χ1n) is 8.27. The molecule has 8 nitrogen and oxygen atoms in total. The number of nitriles is 1. The summed E-state index contributed by atoms with van der Waals surface area (Å²) >= 11 is 0. The number of fused-ring (bicyclic) bond motifs is 1. The van der Waals surface area contributed by atoms with Gasteiger partial charge in [0.2, 0.25) is 0 Å². The molecule has 0 atom stereocenters. The Kier molecular flexibility index (Phi) is 5.04. The fourth-order valence-corrected chi connectivity index (χ4v) is 3.03. The molecule has 2 N–H and O–H groups in total. The molecule has 3 aromatic rings. The average molecular weight is 392 g/mol. The summed E-state index contributed by atoms with van der Waals surface area (Å²) in [4.78, 5) is 20.6. The highest BCUT2D eigenvalue weighted by Crippen LogP contribution is 2.42. The van der Waals surface area contributed by atoms with Crippen molar-refractivity contribution in [1.82, 2.24) is 24.7 Å². The first-order chi connectivity index (χ1) is 13.3. The van der Waals surface area contributed by atoms with Crippen LogP contribution in [0.5, 0.6) is 0 Å². The quantitative estimate of drug-likeness (QED) is 0.706. The molecule has 0 amide bonds. The molecule has 11 heteroatoms. The molecule has 4 rings (SSSR count). The Morgan fingerprint density at radius 2 is 2.11 bits per heavy atom. The standard InChI is InChI=1S/C15H14N6.C2HF3O2/c16-6-5-15(3-1-4-15)21-9-11(8-20-21)13-12-2-7-17-14(12)19-10-18-13;3-2(4,5)1(6)7/h2,7-10H,1,3-5H2,(H,17,18,19);(H,6,7). The van der Waals surface area contributed by atoms with Crippen LogP contribution in [0.15, 0.2) is 31.0 Å². The van der Waals surface area contributed by atoms with E-state index < -0.39 is 12.1 Å². The maximum Gasteiger partial charge on any atom is 0.490 e. The summed E-state index contributed by atoms with van der Waals surface area (Å²) in [6.45, 7) is 0. The number of carbonyl (C=O) groups is 1. The van der Waals surface area contributed by atoms with Crippen LogP contribution in [0.3, 0.4) is 0 Å². The van der Waals surface area contributed by atoms with E-state index in [4.69, 9.17) is 15.2 Å². The van der Waals surface area contributed by atoms with Crippen molar-refractivity contribution in [3.05, 3.63) is 31.0 Å². The maximum atomic E-state index is 10.6. The van der Waals surface area contributed by atoms with Gasteiger partial charge in [-0.25, -0.2) is 14.8 Å². The Morgan fingerprint density at radius 3 is 2.68 bits per heavy atom. The molecule has 1 saturated carbocycles. The predicted molar refractivity (Wildman–Crippen MR) is 90.9 cm³/mol. The van der Waals surface area contributed by atoms with E-state index in [-0.39, 0.29) is 5.54 Å². The zero-order valence-corrected chi connectivity index (χ0v) is 14.4. The van der Waals surface area contributed by atoms with Crippen LogP contribution in [-0.2, 0) is 10.3 Å². The van der Waals surface area contributed by atoms with E-state index in [2.05, 4.69) is 26.1 Å². The normalized spacial score (nSPS) is 15.2. The Labute approximate surface area is 156 Å². The van der Waals surface area contributed by atoms with Gasteiger partial charge in [0.05, 0.1) is 29.9 Å². The summed E-state index contributed by atoms with van der Waals surface area (Å²) in [5.74, 6) is -2.76. The zero-order valence-electron chi connectivity index (χ0n) is 14.4. The number of nitrogens with zero attached hydrogens (tertiary/aromatic N) is 5. The minimum atomic E-state index is -5.08. The van der Waals surface area contributed by atoms with Crippen LogP contribution >= 0.6 is 0 Å². The molecule has 146 valence electrons. The Balaban J connectivity index is 0.000000279. The topological polar surface area (TPSA) is 120 Å². The third-order valence-corrected chi connectivity index (χ3v) is 4.63. The maximum absolute atomic E-state index is 10.6. The van der Waals surface area contributed by atoms with Crippen molar-refractivity contribution in [3.8, 4) is 17.3 Å². The number of carboxylic acid groups (broad SMARTS) is 1. The molecule has 1 fully saturated rings. The van der Waals surface area contributed by atoms with Crippen molar-refractivity contribution in [3.63, 3.8) is 0 Å². The molecule has 3 aromatic heterocycles. The Morgan fingerprint density at radius 1 is 1.39 bits per heavy atom. The van der Waals surface area contributed by atoms with Crippen LogP contribution in [0.25, 0.3) is 22.3 Å². The van der Waals surface area contributed by atoms with Gasteiger partial charge in [0, 0.05) is 23.3 Å². The number of aromatic nitrogens is 5. The minimum absolute atomic E-state index is 0.114. The molecular weight excluding hydrogens is 377 g/mol. The molecule has 0 aromatic carbocycles. The van der Waals surface area contributed by atoms with Gasteiger partial charge in [-0.3, -0.25) is 4.68 Å². The molecule has 0 saturated heterocycles. The van der Waals surface area contributed by atoms with Gasteiger partial charge >= 0.3 is 12.1 Å². The van der Waals surface area contributed by atoms with Crippen LogP contribution in [0.2, 0.25) is 0 Å². The van der Waals surface area contributed by atoms with Crippen LogP contribution in [0.1, 0.15) is 25.7 Å². The highest BCUT2D eigenvalue weighted by molar-refractivity contribution is 5.89. The number of alkyl halides is 3. The molecule has 28 heavy (non-hydrogen) atoms. The van der Waals surface area contributed by atoms with Gasteiger partial charge in [-0.15, -0.1) is 0 Å². The molecule has 3 heterocycles. The molecule has 0 aliphatic heterocycles. The van der Waals surface area contributed by atoms with Gasteiger partial charge in [-0.2, -0.15) is 23.5 Å². The second kappa shape index (κ2) is 7.30. The highest BCUT2D eigenvalue weighted by Gasteiger charge is 2.39. The van der Waals surface area contributed by atoms with Crippen molar-refractivity contribution in [2.45, 2.75) is 37.4 Å². The van der Waals surface area contributed by atoms with Crippen molar-refractivity contribution >= 4 is 17.0 Å². The number of carboxylic acids is 1. The van der Waals surface area contributed by atoms with Crippen LogP contribution < -0.4 is 0 Å². The predicted octanol–water partition coefficient (Wildman–Crippen LogP) is 3.25. The van der Waals surface area contributed by atoms with E-state index in [9.17, 15) is 13.2 Å². The van der Waals surface area contributed by atoms with Crippen molar-refractivity contribution in [2.24, 2.45) is 0 Å². The zero-order chi connectivity index (χ0) is 20.4. The van der Waals surface area contributed by atoms with Crippen molar-refractivity contribution in [1.29, 1.82) is 5.26 Å². The number of hydrogen-bond acceptors (Lipinski definition) is 5. The van der Waals surface area contributed by atoms with Crippen molar-refractivity contribution in [2.75, 3.05) is 0 Å². The molecule has 0 spiro atoms. The lowest BCUT2D eigenvalue weighted by Crippen LogP contribution is -2.40. The molecule has 0 bridgehead atoms. The number of nitrogens with one attached hydrogen (secondary N) is 1. The number of halogens is 3.